The van der Waals surface area contributed by atoms with Crippen molar-refractivity contribution in [2.75, 3.05) is 5.32 Å². The molecule has 72 valence electrons. The lowest BCUT2D eigenvalue weighted by atomic mass is 10.1. The third kappa shape index (κ3) is 1.41. The molecular formula is C9H16N4. The number of rotatable bonds is 1. The summed E-state index contributed by atoms with van der Waals surface area (Å²) in [6.45, 7) is 6.45. The fourth-order valence-electron chi connectivity index (χ4n) is 1.81. The van der Waals surface area contributed by atoms with E-state index in [1.54, 1.807) is 0 Å². The quantitative estimate of drug-likeness (QED) is 0.714. The molecule has 0 saturated carbocycles. The average molecular weight is 180 g/mol. The minimum absolute atomic E-state index is 0.471. The van der Waals surface area contributed by atoms with Gasteiger partial charge in [-0.2, -0.15) is 10.1 Å². The number of aryl methyl sites for hydroxylation is 1. The Hall–Kier alpha value is -1.06. The van der Waals surface area contributed by atoms with Crippen LogP contribution in [0.3, 0.4) is 0 Å². The normalized spacial score (nSPS) is 26.7. The second-order valence-corrected chi connectivity index (χ2v) is 3.78. The Morgan fingerprint density at radius 2 is 2.31 bits per heavy atom. The second kappa shape index (κ2) is 3.01. The van der Waals surface area contributed by atoms with Gasteiger partial charge in [0.05, 0.1) is 6.04 Å². The molecule has 4 heteroatoms. The van der Waals surface area contributed by atoms with Gasteiger partial charge < -0.3 is 5.32 Å². The van der Waals surface area contributed by atoms with Crippen molar-refractivity contribution in [2.45, 2.75) is 45.7 Å². The average Bonchev–Trinajstić information content (AvgIpc) is 2.47. The molecule has 0 radical (unpaired) electrons. The van der Waals surface area contributed by atoms with Gasteiger partial charge in [0, 0.05) is 12.5 Å². The summed E-state index contributed by atoms with van der Waals surface area (Å²) in [4.78, 5) is 4.41. The van der Waals surface area contributed by atoms with E-state index in [9.17, 15) is 0 Å². The lowest BCUT2D eigenvalue weighted by molar-refractivity contribution is 0.410. The van der Waals surface area contributed by atoms with Gasteiger partial charge in [-0.3, -0.25) is 0 Å². The molecule has 0 spiro atoms. The van der Waals surface area contributed by atoms with Crippen molar-refractivity contribution in [1.82, 2.24) is 14.8 Å². The van der Waals surface area contributed by atoms with Gasteiger partial charge in [-0.15, -0.1) is 0 Å². The SMILES string of the molecule is CCc1nc2n(n1)C(C)CC(C)N2. The molecule has 13 heavy (non-hydrogen) atoms. The predicted octanol–water partition coefficient (Wildman–Crippen LogP) is 1.61. The van der Waals surface area contributed by atoms with Crippen LogP contribution in [0.2, 0.25) is 0 Å². The van der Waals surface area contributed by atoms with Gasteiger partial charge >= 0.3 is 0 Å². The molecule has 2 unspecified atom stereocenters. The maximum atomic E-state index is 4.43. The van der Waals surface area contributed by atoms with E-state index < -0.39 is 0 Å². The lowest BCUT2D eigenvalue weighted by Crippen LogP contribution is -2.29. The van der Waals surface area contributed by atoms with Gasteiger partial charge in [0.25, 0.3) is 0 Å². The summed E-state index contributed by atoms with van der Waals surface area (Å²) < 4.78 is 2.00. The van der Waals surface area contributed by atoms with Crippen molar-refractivity contribution in [2.24, 2.45) is 0 Å². The van der Waals surface area contributed by atoms with Crippen LogP contribution in [0.15, 0.2) is 0 Å². The second-order valence-electron chi connectivity index (χ2n) is 3.78. The highest BCUT2D eigenvalue weighted by molar-refractivity contribution is 5.29. The van der Waals surface area contributed by atoms with E-state index in [4.69, 9.17) is 0 Å². The number of hydrogen-bond acceptors (Lipinski definition) is 3. The van der Waals surface area contributed by atoms with Crippen LogP contribution in [0, 0.1) is 0 Å². The summed E-state index contributed by atoms with van der Waals surface area (Å²) in [5.41, 5.74) is 0. The lowest BCUT2D eigenvalue weighted by Gasteiger charge is -2.26. The molecule has 0 aromatic carbocycles. The van der Waals surface area contributed by atoms with Crippen molar-refractivity contribution in [3.8, 4) is 0 Å². The fraction of sp³-hybridized carbons (Fsp3) is 0.778. The highest BCUT2D eigenvalue weighted by Gasteiger charge is 2.22. The Morgan fingerprint density at radius 3 is 3.00 bits per heavy atom. The van der Waals surface area contributed by atoms with Crippen molar-refractivity contribution >= 4 is 5.95 Å². The van der Waals surface area contributed by atoms with Gasteiger partial charge in [0.2, 0.25) is 5.95 Å². The Labute approximate surface area is 78.4 Å². The molecule has 1 aromatic heterocycles. The van der Waals surface area contributed by atoms with E-state index in [1.807, 2.05) is 4.68 Å². The van der Waals surface area contributed by atoms with Gasteiger partial charge in [-0.25, -0.2) is 4.68 Å². The topological polar surface area (TPSA) is 42.7 Å². The first kappa shape index (κ1) is 8.53. The van der Waals surface area contributed by atoms with Crippen LogP contribution in [0.5, 0.6) is 0 Å². The fourth-order valence-corrected chi connectivity index (χ4v) is 1.81. The zero-order valence-electron chi connectivity index (χ0n) is 8.41. The van der Waals surface area contributed by atoms with Crippen molar-refractivity contribution < 1.29 is 0 Å². The first-order valence-corrected chi connectivity index (χ1v) is 4.92. The molecule has 2 heterocycles. The van der Waals surface area contributed by atoms with Crippen molar-refractivity contribution in [3.05, 3.63) is 5.82 Å². The molecule has 1 aliphatic rings. The number of hydrogen-bond donors (Lipinski definition) is 1. The molecule has 2 rings (SSSR count). The summed E-state index contributed by atoms with van der Waals surface area (Å²) in [5, 5.41) is 7.76. The Balaban J connectivity index is 2.35. The Bertz CT molecular complexity index is 305. The smallest absolute Gasteiger partial charge is 0.221 e. The van der Waals surface area contributed by atoms with Crippen LogP contribution in [-0.2, 0) is 6.42 Å². The molecule has 1 aliphatic heterocycles. The number of aromatic nitrogens is 3. The van der Waals surface area contributed by atoms with Gasteiger partial charge in [0.15, 0.2) is 5.82 Å². The molecule has 0 saturated heterocycles. The van der Waals surface area contributed by atoms with Crippen LogP contribution in [0.1, 0.15) is 39.1 Å². The maximum Gasteiger partial charge on any atom is 0.221 e. The first-order chi connectivity index (χ1) is 6.20. The molecule has 4 nitrogen and oxygen atoms in total. The van der Waals surface area contributed by atoms with Crippen LogP contribution in [0.25, 0.3) is 0 Å². The highest BCUT2D eigenvalue weighted by atomic mass is 15.4. The number of anilines is 1. The van der Waals surface area contributed by atoms with Crippen molar-refractivity contribution in [3.63, 3.8) is 0 Å². The van der Waals surface area contributed by atoms with Gasteiger partial charge in [-0.05, 0) is 20.3 Å². The van der Waals surface area contributed by atoms with E-state index in [1.165, 1.54) is 0 Å². The van der Waals surface area contributed by atoms with Gasteiger partial charge in [-0.1, -0.05) is 6.92 Å². The van der Waals surface area contributed by atoms with Crippen LogP contribution in [0.4, 0.5) is 5.95 Å². The van der Waals surface area contributed by atoms with E-state index in [-0.39, 0.29) is 0 Å². The molecule has 1 N–H and O–H groups in total. The Kier molecular flexibility index (Phi) is 1.98. The maximum absolute atomic E-state index is 4.43. The number of nitrogens with zero attached hydrogens (tertiary/aromatic N) is 3. The molecule has 0 fully saturated rings. The highest BCUT2D eigenvalue weighted by Crippen LogP contribution is 2.24. The first-order valence-electron chi connectivity index (χ1n) is 4.92. The molecule has 1 aromatic rings. The van der Waals surface area contributed by atoms with E-state index in [0.717, 1.165) is 24.6 Å². The standard InChI is InChI=1S/C9H16N4/c1-4-8-11-9-10-6(2)5-7(3)13(9)12-8/h6-7H,4-5H2,1-3H3,(H,10,11,12). The van der Waals surface area contributed by atoms with E-state index in [2.05, 4.69) is 36.2 Å². The third-order valence-corrected chi connectivity index (χ3v) is 2.48. The van der Waals surface area contributed by atoms with Crippen LogP contribution in [-0.4, -0.2) is 20.8 Å². The predicted molar refractivity (Wildman–Crippen MR) is 51.8 cm³/mol. The summed E-state index contributed by atoms with van der Waals surface area (Å²) in [6.07, 6.45) is 2.03. The summed E-state index contributed by atoms with van der Waals surface area (Å²) in [7, 11) is 0. The van der Waals surface area contributed by atoms with Gasteiger partial charge in [0.1, 0.15) is 0 Å². The zero-order valence-corrected chi connectivity index (χ0v) is 8.41. The van der Waals surface area contributed by atoms with Crippen LogP contribution < -0.4 is 5.32 Å². The minimum atomic E-state index is 0.471. The summed E-state index contributed by atoms with van der Waals surface area (Å²) >= 11 is 0. The van der Waals surface area contributed by atoms with Crippen molar-refractivity contribution in [1.29, 1.82) is 0 Å². The third-order valence-electron chi connectivity index (χ3n) is 2.48. The Morgan fingerprint density at radius 1 is 1.54 bits per heavy atom. The zero-order chi connectivity index (χ0) is 9.42. The number of fused-ring (bicyclic) bond motifs is 1. The monoisotopic (exact) mass is 180 g/mol. The minimum Gasteiger partial charge on any atom is -0.352 e. The number of nitrogens with one attached hydrogen (secondary N) is 1. The summed E-state index contributed by atoms with van der Waals surface area (Å²) in [5.74, 6) is 1.87. The summed E-state index contributed by atoms with van der Waals surface area (Å²) in [6, 6.07) is 0.982. The molecule has 0 bridgehead atoms. The van der Waals surface area contributed by atoms with E-state index in [0.29, 0.717) is 12.1 Å². The molecule has 2 atom stereocenters. The molecule has 0 aliphatic carbocycles. The largest absolute Gasteiger partial charge is 0.352 e. The molecule has 0 amide bonds. The van der Waals surface area contributed by atoms with Crippen LogP contribution >= 0.6 is 0 Å². The molecular weight excluding hydrogens is 164 g/mol. The van der Waals surface area contributed by atoms with E-state index >= 15 is 0 Å².